The lowest BCUT2D eigenvalue weighted by Gasteiger charge is -2.14. The van der Waals surface area contributed by atoms with Crippen molar-refractivity contribution in [2.75, 3.05) is 0 Å². The van der Waals surface area contributed by atoms with Crippen molar-refractivity contribution in [1.29, 1.82) is 21.0 Å². The topological polar surface area (TPSA) is 146 Å². The van der Waals surface area contributed by atoms with E-state index in [1.165, 1.54) is 31.2 Å². The molecule has 3 aromatic rings. The molecule has 0 bridgehead atoms. The van der Waals surface area contributed by atoms with Gasteiger partial charge in [0.1, 0.15) is 64.0 Å². The van der Waals surface area contributed by atoms with Gasteiger partial charge in [-0.25, -0.2) is 28.7 Å². The fraction of sp³-hybridized carbons (Fsp3) is 0.133. The van der Waals surface area contributed by atoms with E-state index in [2.05, 4.69) is 20.0 Å². The van der Waals surface area contributed by atoms with Crippen LogP contribution < -0.4 is 0 Å². The van der Waals surface area contributed by atoms with Crippen molar-refractivity contribution in [2.24, 2.45) is 9.98 Å². The van der Waals surface area contributed by atoms with E-state index in [0.29, 0.717) is 6.07 Å². The van der Waals surface area contributed by atoms with Gasteiger partial charge in [-0.3, -0.25) is 0 Å². The number of fused-ring (bicyclic) bond motifs is 2. The van der Waals surface area contributed by atoms with Gasteiger partial charge in [-0.15, -0.1) is 0 Å². The summed E-state index contributed by atoms with van der Waals surface area (Å²) in [5.41, 5.74) is -18.4. The molecule has 49 heavy (non-hydrogen) atoms. The van der Waals surface area contributed by atoms with Crippen LogP contribution in [0, 0.1) is 63.9 Å². The molecule has 5 rings (SSSR count). The molecule has 2 aliphatic heterocycles. The van der Waals surface area contributed by atoms with Crippen molar-refractivity contribution in [3.63, 3.8) is 0 Å². The molecule has 0 saturated carbocycles. The van der Waals surface area contributed by atoms with E-state index in [1.807, 2.05) is 0 Å². The number of hydrogen-bond acceptors (Lipinski definition) is 8. The van der Waals surface area contributed by atoms with E-state index in [9.17, 15) is 60.6 Å². The van der Waals surface area contributed by atoms with Crippen LogP contribution in [-0.4, -0.2) is 21.4 Å². The molecule has 0 aliphatic carbocycles. The molecule has 2 aromatic heterocycles. The Hall–Kier alpha value is -6.47. The Morgan fingerprint density at radius 2 is 0.980 bits per heavy atom. The second-order valence-electron chi connectivity index (χ2n) is 9.98. The highest BCUT2D eigenvalue weighted by Crippen LogP contribution is 2.52. The number of hydrogen-bond donors (Lipinski definition) is 0. The lowest BCUT2D eigenvalue weighted by atomic mass is 9.89. The van der Waals surface area contributed by atoms with E-state index in [0.717, 1.165) is 6.07 Å². The minimum atomic E-state index is -5.50. The zero-order chi connectivity index (χ0) is 36.4. The summed E-state index contributed by atoms with van der Waals surface area (Å²) in [5.74, 6) is -3.45. The van der Waals surface area contributed by atoms with Crippen molar-refractivity contribution in [1.82, 2.24) is 9.97 Å². The molecule has 8 nitrogen and oxygen atoms in total. The first-order valence-corrected chi connectivity index (χ1v) is 12.8. The van der Waals surface area contributed by atoms with Crippen LogP contribution in [0.3, 0.4) is 0 Å². The molecule has 0 fully saturated rings. The molecule has 0 N–H and O–H groups in total. The van der Waals surface area contributed by atoms with Crippen molar-refractivity contribution < 1.29 is 48.3 Å². The summed E-state index contributed by atoms with van der Waals surface area (Å²) in [5, 5.41) is 38.5. The van der Waals surface area contributed by atoms with Crippen LogP contribution in [-0.2, 0) is 18.5 Å². The number of aryl methyl sites for hydroxylation is 1. The van der Waals surface area contributed by atoms with E-state index in [-0.39, 0.29) is 17.7 Å². The Morgan fingerprint density at radius 1 is 0.571 bits per heavy atom. The normalized spacial score (nSPS) is 13.8. The average molecular weight is 688 g/mol. The van der Waals surface area contributed by atoms with Gasteiger partial charge in [0.15, 0.2) is 5.82 Å². The number of halogens is 11. The molecule has 244 valence electrons. The maximum Gasteiger partial charge on any atom is 0.433 e. The average Bonchev–Trinajstić information content (AvgIpc) is 3.61. The molecular formula is C30H7F11N8. The number of nitriles is 4. The first kappa shape index (κ1) is 33.9. The molecule has 0 radical (unpaired) electrons. The van der Waals surface area contributed by atoms with Crippen LogP contribution >= 0.6 is 0 Å². The lowest BCUT2D eigenvalue weighted by Crippen LogP contribution is -2.17. The molecule has 0 spiro atoms. The smallest absolute Gasteiger partial charge is 0.242 e. The van der Waals surface area contributed by atoms with Gasteiger partial charge in [0, 0.05) is 11.1 Å². The van der Waals surface area contributed by atoms with Gasteiger partial charge in [0.25, 0.3) is 0 Å². The highest BCUT2D eigenvalue weighted by molar-refractivity contribution is 6.40. The summed E-state index contributed by atoms with van der Waals surface area (Å²) in [4.78, 5) is 14.0. The van der Waals surface area contributed by atoms with Crippen LogP contribution in [0.4, 0.5) is 59.7 Å². The van der Waals surface area contributed by atoms with Gasteiger partial charge in [-0.05, 0) is 36.8 Å². The third kappa shape index (κ3) is 5.61. The predicted octanol–water partition coefficient (Wildman–Crippen LogP) is 7.99. The van der Waals surface area contributed by atoms with Gasteiger partial charge in [-0.1, -0.05) is 0 Å². The zero-order valence-electron chi connectivity index (χ0n) is 23.5. The summed E-state index contributed by atoms with van der Waals surface area (Å²) in [6, 6.07) is 6.55. The number of alkyl halides is 9. The van der Waals surface area contributed by atoms with Crippen molar-refractivity contribution >= 4 is 33.9 Å². The van der Waals surface area contributed by atoms with Crippen LogP contribution in [0.5, 0.6) is 0 Å². The molecule has 19 heteroatoms. The predicted molar refractivity (Wildman–Crippen MR) is 143 cm³/mol. The SMILES string of the molecule is Cc1cc(C2=Nc3c(F)c4c(c(F)c3C2=C(C#N)C#N)C(=C(C#N)C#N)C(c2cc(C(F)(F)F)cc(C(F)(F)F)n2)=N4)nc(C(F)(F)F)c1. The van der Waals surface area contributed by atoms with Gasteiger partial charge in [0.05, 0.1) is 39.5 Å². The highest BCUT2D eigenvalue weighted by atomic mass is 19.4. The number of nitrogens with zero attached hydrogens (tertiary/aromatic N) is 8. The maximum atomic E-state index is 16.7. The van der Waals surface area contributed by atoms with Crippen LogP contribution in [0.1, 0.15) is 45.0 Å². The maximum absolute atomic E-state index is 16.7. The third-order valence-corrected chi connectivity index (χ3v) is 6.88. The number of benzene rings is 1. The largest absolute Gasteiger partial charge is 0.433 e. The number of aromatic nitrogens is 2. The van der Waals surface area contributed by atoms with Crippen molar-refractivity contribution in [2.45, 2.75) is 25.5 Å². The first-order valence-electron chi connectivity index (χ1n) is 12.8. The molecule has 0 amide bonds. The summed E-state index contributed by atoms with van der Waals surface area (Å²) < 4.78 is 155. The highest BCUT2D eigenvalue weighted by Gasteiger charge is 2.44. The quantitative estimate of drug-likeness (QED) is 0.197. The van der Waals surface area contributed by atoms with Crippen LogP contribution in [0.15, 0.2) is 45.4 Å². The molecule has 0 unspecified atom stereocenters. The Morgan fingerprint density at radius 3 is 1.37 bits per heavy atom. The van der Waals surface area contributed by atoms with E-state index >= 15 is 8.78 Å². The van der Waals surface area contributed by atoms with Crippen LogP contribution in [0.2, 0.25) is 0 Å². The number of aliphatic imine (C=N–C) groups is 2. The second kappa shape index (κ2) is 11.3. The zero-order valence-corrected chi connectivity index (χ0v) is 23.5. The molecule has 4 heterocycles. The lowest BCUT2D eigenvalue weighted by molar-refractivity contribution is -0.145. The number of rotatable bonds is 2. The fourth-order valence-electron chi connectivity index (χ4n) is 4.93. The minimum Gasteiger partial charge on any atom is -0.242 e. The minimum absolute atomic E-state index is 0.0303. The summed E-state index contributed by atoms with van der Waals surface area (Å²) in [6.45, 7) is 1.20. The summed E-state index contributed by atoms with van der Waals surface area (Å²) in [7, 11) is 0. The van der Waals surface area contributed by atoms with Crippen molar-refractivity contribution in [3.05, 3.63) is 92.1 Å². The molecule has 1 aromatic carbocycles. The van der Waals surface area contributed by atoms with Gasteiger partial charge in [-0.2, -0.15) is 60.6 Å². The summed E-state index contributed by atoms with van der Waals surface area (Å²) >= 11 is 0. The van der Waals surface area contributed by atoms with E-state index < -0.39 is 115 Å². The Bertz CT molecular complexity index is 2250. The van der Waals surface area contributed by atoms with Gasteiger partial charge >= 0.3 is 18.5 Å². The number of pyridine rings is 2. The molecule has 0 atom stereocenters. The standard InChI is InChI=1S/C30H7F11N8/c1-10-2-14(46-16(3-10)29(36,37)38)24-18(11(6-42)7-43)20-22(31)21-19(12(8-44)9-45)25(49-27(21)23(32)26(20)48-24)15-4-13(28(33,34)35)5-17(47-15)30(39,40)41/h2-5H,1H3. The number of allylic oxidation sites excluding steroid dienone is 4. The fourth-order valence-corrected chi connectivity index (χ4v) is 4.93. The molecule has 0 saturated heterocycles. The van der Waals surface area contributed by atoms with Crippen LogP contribution in [0.25, 0.3) is 11.1 Å². The van der Waals surface area contributed by atoms with Crippen molar-refractivity contribution in [3.8, 4) is 24.3 Å². The Kier molecular flexibility index (Phi) is 7.85. The molecule has 2 aliphatic rings. The monoisotopic (exact) mass is 688 g/mol. The van der Waals surface area contributed by atoms with Gasteiger partial charge in [0.2, 0.25) is 0 Å². The molecular weight excluding hydrogens is 681 g/mol. The third-order valence-electron chi connectivity index (χ3n) is 6.88. The second-order valence-corrected chi connectivity index (χ2v) is 9.98. The summed E-state index contributed by atoms with van der Waals surface area (Å²) in [6.07, 6.45) is -16.0. The van der Waals surface area contributed by atoms with Gasteiger partial charge < -0.3 is 0 Å². The van der Waals surface area contributed by atoms with E-state index in [4.69, 9.17) is 0 Å². The Balaban J connectivity index is 1.90. The van der Waals surface area contributed by atoms with E-state index in [1.54, 1.807) is 0 Å². The Labute approximate surface area is 265 Å². The first-order chi connectivity index (χ1) is 22.8.